The quantitative estimate of drug-likeness (QED) is 0.295. The maximum absolute atomic E-state index is 13.8. The normalized spacial score (nSPS) is 14.7. The molecule has 0 saturated heterocycles. The van der Waals surface area contributed by atoms with E-state index >= 15 is 0 Å². The summed E-state index contributed by atoms with van der Waals surface area (Å²) in [6.07, 6.45) is 0. The van der Waals surface area contributed by atoms with Crippen molar-refractivity contribution < 1.29 is 19.4 Å². The second-order valence-electron chi connectivity index (χ2n) is 10.3. The lowest BCUT2D eigenvalue weighted by molar-refractivity contribution is 0.0730. The van der Waals surface area contributed by atoms with Gasteiger partial charge in [0.1, 0.15) is 17.1 Å². The highest BCUT2D eigenvalue weighted by atomic mass is 16.5. The highest BCUT2D eigenvalue weighted by molar-refractivity contribution is 6.00. The van der Waals surface area contributed by atoms with Crippen LogP contribution in [0.5, 0.6) is 17.2 Å². The molecule has 1 aliphatic rings. The van der Waals surface area contributed by atoms with E-state index in [1.54, 1.807) is 7.11 Å². The van der Waals surface area contributed by atoms with Crippen molar-refractivity contribution in [3.8, 4) is 28.5 Å². The van der Waals surface area contributed by atoms with Crippen molar-refractivity contribution in [2.75, 3.05) is 13.7 Å². The number of aromatic nitrogens is 2. The van der Waals surface area contributed by atoms with Gasteiger partial charge in [0.2, 0.25) is 0 Å². The number of benzene rings is 3. The summed E-state index contributed by atoms with van der Waals surface area (Å²) in [6.45, 7) is 9.02. The van der Waals surface area contributed by atoms with Gasteiger partial charge in [-0.05, 0) is 60.2 Å². The second kappa shape index (κ2) is 10.2. The van der Waals surface area contributed by atoms with E-state index in [-0.39, 0.29) is 11.7 Å². The van der Waals surface area contributed by atoms with Gasteiger partial charge >= 0.3 is 0 Å². The van der Waals surface area contributed by atoms with Crippen molar-refractivity contribution >= 4 is 5.91 Å². The van der Waals surface area contributed by atoms with Crippen LogP contribution in [0.15, 0.2) is 60.7 Å². The van der Waals surface area contributed by atoms with Gasteiger partial charge < -0.3 is 19.5 Å². The Morgan fingerprint density at radius 3 is 2.53 bits per heavy atom. The molecule has 1 aromatic heterocycles. The van der Waals surface area contributed by atoms with Gasteiger partial charge in [-0.2, -0.15) is 5.10 Å². The van der Waals surface area contributed by atoms with Crippen LogP contribution < -0.4 is 9.47 Å². The standard InChI is InChI=1S/C31H33N3O4/c1-18(2)17-38-24-12-11-22(15-25(24)37-5)29-26-27(23-14-19(3)13-20(4)30(23)35)32-33-28(26)31(36)34(29)16-21-9-7-6-8-10-21/h6-15,18,29,35H,16-17H2,1-5H3,(H,32,33). The summed E-state index contributed by atoms with van der Waals surface area (Å²) in [4.78, 5) is 15.6. The van der Waals surface area contributed by atoms with Crippen LogP contribution in [0.25, 0.3) is 11.3 Å². The van der Waals surface area contributed by atoms with Gasteiger partial charge in [-0.1, -0.05) is 56.3 Å². The van der Waals surface area contributed by atoms with Gasteiger partial charge in [0, 0.05) is 17.7 Å². The van der Waals surface area contributed by atoms with E-state index < -0.39 is 6.04 Å². The van der Waals surface area contributed by atoms with E-state index in [1.165, 1.54) is 0 Å². The first-order chi connectivity index (χ1) is 18.3. The van der Waals surface area contributed by atoms with Crippen molar-refractivity contribution in [2.45, 2.75) is 40.3 Å². The van der Waals surface area contributed by atoms with E-state index in [1.807, 2.05) is 79.4 Å². The molecule has 0 radical (unpaired) electrons. The first-order valence-electron chi connectivity index (χ1n) is 12.8. The minimum absolute atomic E-state index is 0.143. The first-order valence-corrected chi connectivity index (χ1v) is 12.8. The molecule has 7 nitrogen and oxygen atoms in total. The number of carbonyl (C=O) groups is 1. The van der Waals surface area contributed by atoms with Crippen molar-refractivity contribution in [2.24, 2.45) is 5.92 Å². The summed E-state index contributed by atoms with van der Waals surface area (Å²) in [5.41, 5.74) is 5.98. The van der Waals surface area contributed by atoms with Crippen molar-refractivity contribution in [1.29, 1.82) is 0 Å². The van der Waals surface area contributed by atoms with Gasteiger partial charge in [-0.15, -0.1) is 0 Å². The Balaban J connectivity index is 1.66. The number of H-pyrrole nitrogens is 1. The fourth-order valence-corrected chi connectivity index (χ4v) is 5.06. The number of hydrogen-bond donors (Lipinski definition) is 2. The molecule has 196 valence electrons. The van der Waals surface area contributed by atoms with E-state index in [9.17, 15) is 9.90 Å². The van der Waals surface area contributed by atoms with Crippen LogP contribution in [-0.4, -0.2) is 39.8 Å². The number of amides is 1. The predicted octanol–water partition coefficient (Wildman–Crippen LogP) is 6.19. The zero-order valence-electron chi connectivity index (χ0n) is 22.4. The summed E-state index contributed by atoms with van der Waals surface area (Å²) in [7, 11) is 1.62. The molecule has 0 fully saturated rings. The Morgan fingerprint density at radius 2 is 1.82 bits per heavy atom. The number of carbonyl (C=O) groups excluding carboxylic acids is 1. The van der Waals surface area contributed by atoms with E-state index in [2.05, 4.69) is 24.0 Å². The monoisotopic (exact) mass is 511 g/mol. The largest absolute Gasteiger partial charge is 0.507 e. The third-order valence-corrected chi connectivity index (χ3v) is 6.84. The van der Waals surface area contributed by atoms with Crippen LogP contribution in [0.2, 0.25) is 0 Å². The van der Waals surface area contributed by atoms with Crippen LogP contribution >= 0.6 is 0 Å². The smallest absolute Gasteiger partial charge is 0.273 e. The van der Waals surface area contributed by atoms with Gasteiger partial charge in [-0.25, -0.2) is 0 Å². The molecule has 0 aliphatic carbocycles. The number of fused-ring (bicyclic) bond motifs is 1. The van der Waals surface area contributed by atoms with Crippen LogP contribution in [0.4, 0.5) is 0 Å². The van der Waals surface area contributed by atoms with Crippen LogP contribution in [-0.2, 0) is 6.54 Å². The third kappa shape index (κ3) is 4.60. The fraction of sp³-hybridized carbons (Fsp3) is 0.290. The number of aromatic amines is 1. The molecule has 1 aliphatic heterocycles. The summed E-state index contributed by atoms with van der Waals surface area (Å²) in [6, 6.07) is 19.1. The number of phenols is 1. The van der Waals surface area contributed by atoms with Gasteiger partial charge in [0.05, 0.1) is 19.8 Å². The molecular formula is C31H33N3O4. The van der Waals surface area contributed by atoms with E-state index in [0.717, 1.165) is 27.8 Å². The first kappa shape index (κ1) is 25.4. The Morgan fingerprint density at radius 1 is 1.05 bits per heavy atom. The number of ether oxygens (including phenoxy) is 2. The van der Waals surface area contributed by atoms with Gasteiger partial charge in [0.25, 0.3) is 5.91 Å². The average Bonchev–Trinajstić information content (AvgIpc) is 3.44. The highest BCUT2D eigenvalue weighted by Crippen LogP contribution is 2.47. The lowest BCUT2D eigenvalue weighted by Gasteiger charge is -2.27. The number of nitrogens with zero attached hydrogens (tertiary/aromatic N) is 2. The number of hydrogen-bond acceptors (Lipinski definition) is 5. The predicted molar refractivity (Wildman–Crippen MR) is 147 cm³/mol. The minimum Gasteiger partial charge on any atom is -0.507 e. The summed E-state index contributed by atoms with van der Waals surface area (Å²) in [5.74, 6) is 1.64. The topological polar surface area (TPSA) is 87.7 Å². The molecule has 2 N–H and O–H groups in total. The zero-order chi connectivity index (χ0) is 27.0. The highest BCUT2D eigenvalue weighted by Gasteiger charge is 2.43. The molecule has 0 spiro atoms. The van der Waals surface area contributed by atoms with Gasteiger partial charge in [0.15, 0.2) is 11.5 Å². The van der Waals surface area contributed by atoms with Crippen LogP contribution in [0.1, 0.15) is 58.2 Å². The Hall–Kier alpha value is -4.26. The Bertz CT molecular complexity index is 1480. The third-order valence-electron chi connectivity index (χ3n) is 6.84. The number of nitrogens with one attached hydrogen (secondary N) is 1. The number of phenolic OH excluding ortho intramolecular Hbond substituents is 1. The fourth-order valence-electron chi connectivity index (χ4n) is 5.06. The van der Waals surface area contributed by atoms with E-state index in [0.29, 0.717) is 47.5 Å². The Kier molecular flexibility index (Phi) is 6.85. The SMILES string of the molecule is COc1cc(C2c3c(-c4cc(C)cc(C)c4O)n[nH]c3C(=O)N2Cc2ccccc2)ccc1OCC(C)C. The zero-order valence-corrected chi connectivity index (χ0v) is 22.4. The molecule has 5 rings (SSSR count). The molecule has 38 heavy (non-hydrogen) atoms. The summed E-state index contributed by atoms with van der Waals surface area (Å²) < 4.78 is 11.7. The van der Waals surface area contributed by atoms with Crippen molar-refractivity contribution in [3.05, 3.63) is 94.2 Å². The molecule has 0 saturated carbocycles. The lowest BCUT2D eigenvalue weighted by Crippen LogP contribution is -2.29. The minimum atomic E-state index is -0.445. The Labute approximate surface area is 223 Å². The van der Waals surface area contributed by atoms with Crippen LogP contribution in [0.3, 0.4) is 0 Å². The number of aromatic hydroxyl groups is 1. The second-order valence-corrected chi connectivity index (χ2v) is 10.3. The molecule has 1 amide bonds. The van der Waals surface area contributed by atoms with Gasteiger partial charge in [-0.3, -0.25) is 9.89 Å². The molecule has 0 bridgehead atoms. The number of aryl methyl sites for hydroxylation is 2. The maximum atomic E-state index is 13.8. The molecule has 2 heterocycles. The van der Waals surface area contributed by atoms with Crippen LogP contribution in [0, 0.1) is 19.8 Å². The van der Waals surface area contributed by atoms with Crippen molar-refractivity contribution in [1.82, 2.24) is 15.1 Å². The molecule has 3 aromatic carbocycles. The average molecular weight is 512 g/mol. The molecular weight excluding hydrogens is 478 g/mol. The molecule has 1 atom stereocenters. The number of methoxy groups -OCH3 is 1. The lowest BCUT2D eigenvalue weighted by atomic mass is 9.93. The molecule has 1 unspecified atom stereocenters. The number of rotatable bonds is 8. The summed E-state index contributed by atoms with van der Waals surface area (Å²) >= 11 is 0. The maximum Gasteiger partial charge on any atom is 0.273 e. The molecule has 7 heteroatoms. The summed E-state index contributed by atoms with van der Waals surface area (Å²) in [5, 5.41) is 18.5. The van der Waals surface area contributed by atoms with Crippen molar-refractivity contribution in [3.63, 3.8) is 0 Å². The molecule has 4 aromatic rings. The van der Waals surface area contributed by atoms with E-state index in [4.69, 9.17) is 9.47 Å².